The van der Waals surface area contributed by atoms with Crippen molar-refractivity contribution in [3.8, 4) is 0 Å². The van der Waals surface area contributed by atoms with E-state index in [1.807, 2.05) is 32.0 Å². The van der Waals surface area contributed by atoms with Crippen molar-refractivity contribution in [3.63, 3.8) is 0 Å². The van der Waals surface area contributed by atoms with Crippen LogP contribution in [0.1, 0.15) is 37.0 Å². The Morgan fingerprint density at radius 3 is 2.76 bits per heavy atom. The van der Waals surface area contributed by atoms with E-state index < -0.39 is 17.7 Å². The molecule has 1 fully saturated rings. The standard InChI is InChI=1S/C19H27N3O3/c1-19(2)17(16(24)11-14-15(23)9-6-10-22(14)19)21-18(25)12-7-4-5-8-13(12)20-3/h4-5,7-8,11,14-15,17,20,23-24H,6,9-10H2,1-3H3,(H,21,25)/t14-,15+,17+/m1/s1. The summed E-state index contributed by atoms with van der Waals surface area (Å²) in [5, 5.41) is 26.8. The third kappa shape index (κ3) is 3.12. The molecule has 25 heavy (non-hydrogen) atoms. The van der Waals surface area contributed by atoms with E-state index in [2.05, 4.69) is 15.5 Å². The highest BCUT2D eigenvalue weighted by Gasteiger charge is 2.48. The Morgan fingerprint density at radius 1 is 1.32 bits per heavy atom. The molecule has 2 heterocycles. The van der Waals surface area contributed by atoms with Gasteiger partial charge in [0, 0.05) is 18.3 Å². The fourth-order valence-corrected chi connectivity index (χ4v) is 4.03. The quantitative estimate of drug-likeness (QED) is 0.672. The fraction of sp³-hybridized carbons (Fsp3) is 0.526. The van der Waals surface area contributed by atoms with Gasteiger partial charge in [-0.3, -0.25) is 9.69 Å². The zero-order valence-electron chi connectivity index (χ0n) is 15.0. The van der Waals surface area contributed by atoms with Gasteiger partial charge in [-0.05, 0) is 51.4 Å². The van der Waals surface area contributed by atoms with E-state index >= 15 is 0 Å². The SMILES string of the molecule is CNc1ccccc1C(=O)N[C@H]1C(O)=C[C@@H]2[C@@H](O)CCCN2C1(C)C. The number of benzene rings is 1. The summed E-state index contributed by atoms with van der Waals surface area (Å²) in [6.07, 6.45) is 2.83. The second-order valence-electron chi connectivity index (χ2n) is 7.34. The number of anilines is 1. The molecule has 0 radical (unpaired) electrons. The minimum Gasteiger partial charge on any atom is -0.510 e. The zero-order valence-corrected chi connectivity index (χ0v) is 15.0. The molecule has 2 aliphatic heterocycles. The number of nitrogens with one attached hydrogen (secondary N) is 2. The van der Waals surface area contributed by atoms with Crippen molar-refractivity contribution in [2.75, 3.05) is 18.9 Å². The summed E-state index contributed by atoms with van der Waals surface area (Å²) in [5.41, 5.74) is 0.771. The number of carbonyl (C=O) groups excluding carboxylic acids is 1. The van der Waals surface area contributed by atoms with Crippen LogP contribution in [-0.4, -0.2) is 58.3 Å². The van der Waals surface area contributed by atoms with E-state index in [1.165, 1.54) is 0 Å². The second kappa shape index (κ2) is 6.69. The lowest BCUT2D eigenvalue weighted by Gasteiger charge is -2.53. The predicted molar refractivity (Wildman–Crippen MR) is 97.8 cm³/mol. The van der Waals surface area contributed by atoms with E-state index in [-0.39, 0.29) is 17.7 Å². The third-order valence-electron chi connectivity index (χ3n) is 5.45. The average molecular weight is 345 g/mol. The van der Waals surface area contributed by atoms with E-state index in [9.17, 15) is 15.0 Å². The van der Waals surface area contributed by atoms with Crippen molar-refractivity contribution in [3.05, 3.63) is 41.7 Å². The number of hydrogen-bond acceptors (Lipinski definition) is 5. The second-order valence-corrected chi connectivity index (χ2v) is 7.34. The largest absolute Gasteiger partial charge is 0.510 e. The summed E-state index contributed by atoms with van der Waals surface area (Å²) in [5.74, 6) is -0.124. The molecule has 4 N–H and O–H groups in total. The highest BCUT2D eigenvalue weighted by Crippen LogP contribution is 2.36. The molecule has 0 saturated carbocycles. The van der Waals surface area contributed by atoms with Crippen LogP contribution in [0, 0.1) is 0 Å². The number of carbonyl (C=O) groups is 1. The molecule has 1 aromatic rings. The van der Waals surface area contributed by atoms with Crippen LogP contribution in [-0.2, 0) is 0 Å². The van der Waals surface area contributed by atoms with Crippen LogP contribution in [0.5, 0.6) is 0 Å². The summed E-state index contributed by atoms with van der Waals surface area (Å²) in [7, 11) is 1.77. The van der Waals surface area contributed by atoms with Gasteiger partial charge >= 0.3 is 0 Å². The first-order valence-electron chi connectivity index (χ1n) is 8.79. The van der Waals surface area contributed by atoms with Crippen LogP contribution >= 0.6 is 0 Å². The Balaban J connectivity index is 1.88. The van der Waals surface area contributed by atoms with Gasteiger partial charge in [-0.2, -0.15) is 0 Å². The summed E-state index contributed by atoms with van der Waals surface area (Å²) in [6.45, 7) is 4.82. The number of aliphatic hydroxyl groups is 2. The van der Waals surface area contributed by atoms with E-state index in [0.29, 0.717) is 5.56 Å². The zero-order chi connectivity index (χ0) is 18.2. The first kappa shape index (κ1) is 17.8. The molecule has 136 valence electrons. The Morgan fingerprint density at radius 2 is 2.04 bits per heavy atom. The van der Waals surface area contributed by atoms with Crippen molar-refractivity contribution < 1.29 is 15.0 Å². The lowest BCUT2D eigenvalue weighted by Crippen LogP contribution is -2.67. The minimum absolute atomic E-state index is 0.113. The van der Waals surface area contributed by atoms with Crippen molar-refractivity contribution in [2.24, 2.45) is 0 Å². The molecule has 1 amide bonds. The van der Waals surface area contributed by atoms with Crippen molar-refractivity contribution in [1.29, 1.82) is 0 Å². The van der Waals surface area contributed by atoms with E-state index in [0.717, 1.165) is 25.1 Å². The molecule has 6 heteroatoms. The molecule has 0 aliphatic carbocycles. The summed E-state index contributed by atoms with van der Waals surface area (Å²) in [4.78, 5) is 15.0. The first-order valence-corrected chi connectivity index (χ1v) is 8.79. The van der Waals surface area contributed by atoms with Crippen LogP contribution < -0.4 is 10.6 Å². The van der Waals surface area contributed by atoms with Crippen LogP contribution in [0.15, 0.2) is 36.1 Å². The number of hydrogen-bond donors (Lipinski definition) is 4. The molecule has 0 unspecified atom stereocenters. The van der Waals surface area contributed by atoms with Gasteiger partial charge in [0.1, 0.15) is 11.8 Å². The van der Waals surface area contributed by atoms with E-state index in [1.54, 1.807) is 19.2 Å². The number of para-hydroxylation sites is 1. The Hall–Kier alpha value is -2.05. The molecule has 0 bridgehead atoms. The van der Waals surface area contributed by atoms with Crippen LogP contribution in [0.4, 0.5) is 5.69 Å². The van der Waals surface area contributed by atoms with Gasteiger partial charge in [0.2, 0.25) is 0 Å². The van der Waals surface area contributed by atoms with Crippen LogP contribution in [0.2, 0.25) is 0 Å². The third-order valence-corrected chi connectivity index (χ3v) is 5.45. The Labute approximate surface area is 148 Å². The smallest absolute Gasteiger partial charge is 0.254 e. The molecule has 6 nitrogen and oxygen atoms in total. The van der Waals surface area contributed by atoms with E-state index in [4.69, 9.17) is 0 Å². The van der Waals surface area contributed by atoms with Crippen LogP contribution in [0.25, 0.3) is 0 Å². The molecule has 3 atom stereocenters. The summed E-state index contributed by atoms with van der Waals surface area (Å²) < 4.78 is 0. The molecule has 1 aromatic carbocycles. The molecular formula is C19H27N3O3. The van der Waals surface area contributed by atoms with Crippen molar-refractivity contribution in [1.82, 2.24) is 10.2 Å². The maximum atomic E-state index is 12.8. The lowest BCUT2D eigenvalue weighted by atomic mass is 9.80. The van der Waals surface area contributed by atoms with Crippen molar-refractivity contribution in [2.45, 2.75) is 50.4 Å². The normalized spacial score (nSPS) is 28.6. The molecule has 2 aliphatic rings. The predicted octanol–water partition coefficient (Wildman–Crippen LogP) is 1.89. The average Bonchev–Trinajstić information content (AvgIpc) is 2.59. The van der Waals surface area contributed by atoms with Gasteiger partial charge < -0.3 is 20.8 Å². The van der Waals surface area contributed by atoms with Gasteiger partial charge in [0.05, 0.1) is 17.7 Å². The number of rotatable bonds is 3. The molecule has 1 saturated heterocycles. The number of piperidine rings is 1. The van der Waals surface area contributed by atoms with Crippen molar-refractivity contribution >= 4 is 11.6 Å². The van der Waals surface area contributed by atoms with Gasteiger partial charge in [-0.15, -0.1) is 0 Å². The molecule has 0 aromatic heterocycles. The number of aliphatic hydroxyl groups excluding tert-OH is 2. The summed E-state index contributed by atoms with van der Waals surface area (Å²) >= 11 is 0. The maximum absolute atomic E-state index is 12.8. The highest BCUT2D eigenvalue weighted by molar-refractivity contribution is 6.00. The molecular weight excluding hydrogens is 318 g/mol. The number of nitrogens with zero attached hydrogens (tertiary/aromatic N) is 1. The van der Waals surface area contributed by atoms with Gasteiger partial charge in [-0.1, -0.05) is 12.1 Å². The molecule has 0 spiro atoms. The first-order chi connectivity index (χ1) is 11.9. The highest BCUT2D eigenvalue weighted by atomic mass is 16.3. The monoisotopic (exact) mass is 345 g/mol. The van der Waals surface area contributed by atoms with Gasteiger partial charge in [-0.25, -0.2) is 0 Å². The Kier molecular flexibility index (Phi) is 4.75. The van der Waals surface area contributed by atoms with Gasteiger partial charge in [0.15, 0.2) is 0 Å². The minimum atomic E-state index is -0.536. The number of fused-ring (bicyclic) bond motifs is 1. The topological polar surface area (TPSA) is 84.8 Å². The number of amides is 1. The molecule has 3 rings (SSSR count). The van der Waals surface area contributed by atoms with Gasteiger partial charge in [0.25, 0.3) is 5.91 Å². The maximum Gasteiger partial charge on any atom is 0.254 e. The lowest BCUT2D eigenvalue weighted by molar-refractivity contribution is -0.0451. The van der Waals surface area contributed by atoms with Crippen LogP contribution in [0.3, 0.4) is 0 Å². The Bertz CT molecular complexity index is 686. The fourth-order valence-electron chi connectivity index (χ4n) is 4.03. The summed E-state index contributed by atoms with van der Waals surface area (Å²) in [6, 6.07) is 6.53.